The summed E-state index contributed by atoms with van der Waals surface area (Å²) in [4.78, 5) is 11.6. The third kappa shape index (κ3) is 5.36. The van der Waals surface area contributed by atoms with Gasteiger partial charge in [-0.1, -0.05) is 12.1 Å². The summed E-state index contributed by atoms with van der Waals surface area (Å²) in [7, 11) is -0.405. The smallest absolute Gasteiger partial charge is 0.444 e. The minimum Gasteiger partial charge on any atom is -0.444 e. The van der Waals surface area contributed by atoms with Gasteiger partial charge in [0.25, 0.3) is 0 Å². The Balaban J connectivity index is 2.49. The molecule has 1 aliphatic rings. The summed E-state index contributed by atoms with van der Waals surface area (Å²) in [6.07, 6.45) is 1.40. The van der Waals surface area contributed by atoms with E-state index in [4.69, 9.17) is 14.0 Å². The van der Waals surface area contributed by atoms with Crippen molar-refractivity contribution in [2.45, 2.75) is 78.2 Å². The van der Waals surface area contributed by atoms with Crippen LogP contribution < -0.4 is 5.32 Å². The van der Waals surface area contributed by atoms with E-state index < -0.39 is 18.8 Å². The van der Waals surface area contributed by atoms with Gasteiger partial charge >= 0.3 is 13.2 Å². The van der Waals surface area contributed by atoms with E-state index in [1.807, 2.05) is 67.4 Å². The van der Waals surface area contributed by atoms with Crippen LogP contribution in [-0.4, -0.2) is 36.1 Å². The molecule has 0 spiro atoms. The van der Waals surface area contributed by atoms with Crippen LogP contribution in [0.1, 0.15) is 55.4 Å². The highest BCUT2D eigenvalue weighted by atomic mass is 16.7. The van der Waals surface area contributed by atoms with Gasteiger partial charge < -0.3 is 19.4 Å². The van der Waals surface area contributed by atoms with E-state index in [1.54, 1.807) is 0 Å². The van der Waals surface area contributed by atoms with Crippen molar-refractivity contribution in [3.05, 3.63) is 12.1 Å². The summed E-state index contributed by atoms with van der Waals surface area (Å²) in [5, 5.41) is 2.74. The Morgan fingerprint density at radius 3 is 2.10 bits per heavy atom. The fourth-order valence-corrected chi connectivity index (χ4v) is 1.77. The Morgan fingerprint density at radius 2 is 1.67 bits per heavy atom. The maximum atomic E-state index is 11.6. The first-order valence-corrected chi connectivity index (χ1v) is 7.36. The first kappa shape index (κ1) is 18.0. The van der Waals surface area contributed by atoms with Gasteiger partial charge in [-0.25, -0.2) is 4.79 Å². The first-order chi connectivity index (χ1) is 9.32. The molecule has 1 atom stereocenters. The minimum atomic E-state index is -0.501. The van der Waals surface area contributed by atoms with Crippen LogP contribution in [0.4, 0.5) is 4.79 Å². The van der Waals surface area contributed by atoms with E-state index in [9.17, 15) is 4.79 Å². The van der Waals surface area contributed by atoms with E-state index in [0.29, 0.717) is 0 Å². The van der Waals surface area contributed by atoms with Crippen LogP contribution in [0.3, 0.4) is 0 Å². The molecule has 1 amide bonds. The van der Waals surface area contributed by atoms with Crippen LogP contribution >= 0.6 is 0 Å². The largest absolute Gasteiger partial charge is 0.486 e. The molecule has 6 heteroatoms. The Labute approximate surface area is 128 Å². The molecule has 21 heavy (non-hydrogen) atoms. The molecule has 0 aromatic carbocycles. The number of carbonyl (C=O) groups is 1. The van der Waals surface area contributed by atoms with Crippen molar-refractivity contribution >= 4 is 13.2 Å². The lowest BCUT2D eigenvalue weighted by Gasteiger charge is -2.32. The van der Waals surface area contributed by atoms with E-state index in [2.05, 4.69) is 5.32 Å². The average molecular weight is 297 g/mol. The highest BCUT2D eigenvalue weighted by Gasteiger charge is 2.50. The van der Waals surface area contributed by atoms with E-state index in [0.717, 1.165) is 0 Å². The summed E-state index contributed by atoms with van der Waals surface area (Å²) in [5.74, 6) is 1.82. The number of amides is 1. The molecular weight excluding hydrogens is 269 g/mol. The standard InChI is InChI=1S/C15H28BNO4/c1-11(17-12(18)19-13(2,3)4)9-10-16-20-14(5,6)15(7,8)21-16/h9-11H,1-8H3,(H,17,18)/b10-9+/t11-/m0/s1. The Morgan fingerprint density at radius 1 is 1.19 bits per heavy atom. The minimum absolute atomic E-state index is 0.168. The molecule has 1 heterocycles. The Hall–Kier alpha value is -1.01. The topological polar surface area (TPSA) is 56.8 Å². The van der Waals surface area contributed by atoms with Crippen LogP contribution in [0, 0.1) is 0 Å². The third-order valence-corrected chi connectivity index (χ3v) is 3.57. The monoisotopic (exact) mass is 297 g/mol. The van der Waals surface area contributed by atoms with Gasteiger partial charge in [-0.05, 0) is 55.4 Å². The van der Waals surface area contributed by atoms with Gasteiger partial charge in [0.15, 0.2) is 0 Å². The number of hydrogen-bond donors (Lipinski definition) is 1. The van der Waals surface area contributed by atoms with E-state index in [-0.39, 0.29) is 17.2 Å². The zero-order valence-corrected chi connectivity index (χ0v) is 14.4. The lowest BCUT2D eigenvalue weighted by atomic mass is 9.89. The van der Waals surface area contributed by atoms with Crippen LogP contribution in [0.2, 0.25) is 0 Å². The van der Waals surface area contributed by atoms with Crippen molar-refractivity contribution in [1.82, 2.24) is 5.32 Å². The molecule has 1 aliphatic heterocycles. The van der Waals surface area contributed by atoms with Crippen LogP contribution in [0.25, 0.3) is 0 Å². The number of carbonyl (C=O) groups excluding carboxylic acids is 1. The molecule has 0 aliphatic carbocycles. The number of nitrogens with one attached hydrogen (secondary N) is 1. The van der Waals surface area contributed by atoms with Gasteiger partial charge in [0.05, 0.1) is 11.2 Å². The fourth-order valence-electron chi connectivity index (χ4n) is 1.77. The van der Waals surface area contributed by atoms with Crippen molar-refractivity contribution in [3.8, 4) is 0 Å². The third-order valence-electron chi connectivity index (χ3n) is 3.57. The lowest BCUT2D eigenvalue weighted by molar-refractivity contribution is 0.00578. The number of hydrogen-bond acceptors (Lipinski definition) is 4. The molecule has 1 rings (SSSR count). The van der Waals surface area contributed by atoms with Gasteiger partial charge in [0.1, 0.15) is 5.60 Å². The SMILES string of the molecule is C[C@@H](/C=C/B1OC(C)(C)C(C)(C)O1)NC(=O)OC(C)(C)C. The summed E-state index contributed by atoms with van der Waals surface area (Å²) in [6.45, 7) is 15.4. The van der Waals surface area contributed by atoms with Crippen LogP contribution in [0.15, 0.2) is 12.1 Å². The second kappa shape index (κ2) is 6.01. The van der Waals surface area contributed by atoms with Crippen molar-refractivity contribution in [2.24, 2.45) is 0 Å². The fraction of sp³-hybridized carbons (Fsp3) is 0.800. The number of alkyl carbamates (subject to hydrolysis) is 1. The highest BCUT2D eigenvalue weighted by molar-refractivity contribution is 6.51. The molecule has 0 unspecified atom stereocenters. The number of ether oxygens (including phenoxy) is 1. The van der Waals surface area contributed by atoms with Crippen molar-refractivity contribution in [2.75, 3.05) is 0 Å². The molecule has 0 aromatic rings. The van der Waals surface area contributed by atoms with Gasteiger partial charge in [-0.2, -0.15) is 0 Å². The summed E-state index contributed by atoms with van der Waals surface area (Å²) < 4.78 is 16.9. The molecule has 5 nitrogen and oxygen atoms in total. The molecule has 120 valence electrons. The molecule has 0 bridgehead atoms. The second-order valence-corrected chi connectivity index (χ2v) is 7.44. The molecule has 0 radical (unpaired) electrons. The normalized spacial score (nSPS) is 22.4. The zero-order valence-electron chi connectivity index (χ0n) is 14.4. The second-order valence-electron chi connectivity index (χ2n) is 7.44. The van der Waals surface area contributed by atoms with Crippen molar-refractivity contribution in [1.29, 1.82) is 0 Å². The van der Waals surface area contributed by atoms with E-state index >= 15 is 0 Å². The van der Waals surface area contributed by atoms with Gasteiger partial charge in [-0.15, -0.1) is 0 Å². The Kier molecular flexibility index (Phi) is 5.16. The number of rotatable bonds is 3. The highest BCUT2D eigenvalue weighted by Crippen LogP contribution is 2.36. The maximum Gasteiger partial charge on any atom is 0.486 e. The molecule has 0 aromatic heterocycles. The van der Waals surface area contributed by atoms with E-state index in [1.165, 1.54) is 0 Å². The molecular formula is C15H28BNO4. The zero-order chi connectivity index (χ0) is 16.5. The van der Waals surface area contributed by atoms with Gasteiger partial charge in [0.2, 0.25) is 0 Å². The van der Waals surface area contributed by atoms with Crippen molar-refractivity contribution in [3.63, 3.8) is 0 Å². The predicted molar refractivity (Wildman–Crippen MR) is 84.1 cm³/mol. The quantitative estimate of drug-likeness (QED) is 0.813. The molecule has 1 fully saturated rings. The van der Waals surface area contributed by atoms with Gasteiger partial charge in [-0.3, -0.25) is 0 Å². The molecule has 1 saturated heterocycles. The summed E-state index contributed by atoms with van der Waals surface area (Å²) in [5.41, 5.74) is -1.22. The summed E-state index contributed by atoms with van der Waals surface area (Å²) >= 11 is 0. The van der Waals surface area contributed by atoms with Gasteiger partial charge in [0, 0.05) is 6.04 Å². The lowest BCUT2D eigenvalue weighted by Crippen LogP contribution is -2.41. The maximum absolute atomic E-state index is 11.6. The van der Waals surface area contributed by atoms with Crippen LogP contribution in [-0.2, 0) is 14.0 Å². The van der Waals surface area contributed by atoms with Crippen LogP contribution in [0.5, 0.6) is 0 Å². The first-order valence-electron chi connectivity index (χ1n) is 7.36. The average Bonchev–Trinajstić information content (AvgIpc) is 2.41. The van der Waals surface area contributed by atoms with Crippen molar-refractivity contribution < 1.29 is 18.8 Å². The molecule has 0 saturated carbocycles. The predicted octanol–water partition coefficient (Wildman–Crippen LogP) is 3.09. The summed E-state index contributed by atoms with van der Waals surface area (Å²) in [6, 6.07) is -0.168. The Bertz CT molecular complexity index is 396. The molecule has 1 N–H and O–H groups in total.